The molecule has 2 nitrogen and oxygen atoms in total. The van der Waals surface area contributed by atoms with Crippen LogP contribution in [0.1, 0.15) is 5.01 Å². The predicted octanol–water partition coefficient (Wildman–Crippen LogP) is 4.84. The van der Waals surface area contributed by atoms with Crippen molar-refractivity contribution in [2.45, 2.75) is 6.92 Å². The summed E-state index contributed by atoms with van der Waals surface area (Å²) < 4.78 is 1.28. The Bertz CT molecular complexity index is 738. The third-order valence-electron chi connectivity index (χ3n) is 2.91. The van der Waals surface area contributed by atoms with Crippen molar-refractivity contribution in [1.82, 2.24) is 9.97 Å². The lowest BCUT2D eigenvalue weighted by atomic mass is 10.2. The third kappa shape index (κ3) is 2.83. The van der Waals surface area contributed by atoms with E-state index >= 15 is 0 Å². The van der Waals surface area contributed by atoms with Crippen molar-refractivity contribution in [3.05, 3.63) is 71.9 Å². The number of rotatable bonds is 0. The van der Waals surface area contributed by atoms with Gasteiger partial charge in [0.05, 0.1) is 20.7 Å². The summed E-state index contributed by atoms with van der Waals surface area (Å²) in [4.78, 5) is 8.51. The molecular weight excluding hydrogens is 264 g/mol. The maximum atomic E-state index is 4.33. The van der Waals surface area contributed by atoms with Gasteiger partial charge in [-0.15, -0.1) is 11.3 Å². The molecule has 2 heterocycles. The normalized spacial score (nSPS) is 10.2. The van der Waals surface area contributed by atoms with Crippen molar-refractivity contribution in [3.8, 4) is 0 Å². The van der Waals surface area contributed by atoms with Gasteiger partial charge < -0.3 is 0 Å². The van der Waals surface area contributed by atoms with Crippen LogP contribution in [0.25, 0.3) is 21.1 Å². The molecule has 98 valence electrons. The summed E-state index contributed by atoms with van der Waals surface area (Å²) in [6.45, 7) is 2.03. The zero-order valence-corrected chi connectivity index (χ0v) is 12.0. The molecule has 0 N–H and O–H groups in total. The van der Waals surface area contributed by atoms with Gasteiger partial charge in [0.2, 0.25) is 0 Å². The zero-order valence-electron chi connectivity index (χ0n) is 11.2. The van der Waals surface area contributed by atoms with Crippen molar-refractivity contribution in [2.75, 3.05) is 0 Å². The maximum Gasteiger partial charge on any atom is 0.0907 e. The van der Waals surface area contributed by atoms with Crippen molar-refractivity contribution in [1.29, 1.82) is 0 Å². The number of nitrogens with zero attached hydrogens (tertiary/aromatic N) is 2. The van der Waals surface area contributed by atoms with Crippen LogP contribution in [0.3, 0.4) is 0 Å². The summed E-state index contributed by atoms with van der Waals surface area (Å²) in [5.41, 5.74) is 2.18. The Balaban J connectivity index is 0.000000121. The molecule has 2 aromatic heterocycles. The van der Waals surface area contributed by atoms with Crippen LogP contribution in [0.15, 0.2) is 66.9 Å². The van der Waals surface area contributed by atoms with Crippen molar-refractivity contribution >= 4 is 32.5 Å². The highest BCUT2D eigenvalue weighted by Gasteiger charge is 1.95. The second-order valence-electron chi connectivity index (χ2n) is 4.40. The van der Waals surface area contributed by atoms with Crippen LogP contribution in [-0.2, 0) is 0 Å². The number of aryl methyl sites for hydroxylation is 1. The SMILES string of the molecule is Cc1nc2ccccc2s1.c1ccc2ncccc2c1. The second kappa shape index (κ2) is 5.80. The molecular formula is C17H14N2S. The number of aromatic nitrogens is 2. The minimum Gasteiger partial charge on any atom is -0.256 e. The molecule has 0 radical (unpaired) electrons. The number of benzene rings is 2. The number of hydrogen-bond donors (Lipinski definition) is 0. The first-order valence-electron chi connectivity index (χ1n) is 6.45. The van der Waals surface area contributed by atoms with E-state index in [2.05, 4.69) is 28.2 Å². The lowest BCUT2D eigenvalue weighted by Crippen LogP contribution is -1.73. The zero-order chi connectivity index (χ0) is 13.8. The highest BCUT2D eigenvalue weighted by Crippen LogP contribution is 2.19. The molecule has 0 aliphatic rings. The van der Waals surface area contributed by atoms with Gasteiger partial charge in [-0.2, -0.15) is 0 Å². The Morgan fingerprint density at radius 2 is 1.50 bits per heavy atom. The molecule has 0 atom stereocenters. The molecule has 0 amide bonds. The highest BCUT2D eigenvalue weighted by molar-refractivity contribution is 7.18. The van der Waals surface area contributed by atoms with Crippen LogP contribution >= 0.6 is 11.3 Å². The van der Waals surface area contributed by atoms with E-state index in [1.54, 1.807) is 11.3 Å². The van der Waals surface area contributed by atoms with E-state index < -0.39 is 0 Å². The summed E-state index contributed by atoms with van der Waals surface area (Å²) in [5, 5.41) is 2.34. The van der Waals surface area contributed by atoms with Crippen molar-refractivity contribution < 1.29 is 0 Å². The smallest absolute Gasteiger partial charge is 0.0907 e. The molecule has 0 aliphatic carbocycles. The van der Waals surface area contributed by atoms with Gasteiger partial charge in [-0.25, -0.2) is 4.98 Å². The molecule has 0 aliphatic heterocycles. The number of pyridine rings is 1. The van der Waals surface area contributed by atoms with Gasteiger partial charge >= 0.3 is 0 Å². The summed E-state index contributed by atoms with van der Waals surface area (Å²) >= 11 is 1.74. The van der Waals surface area contributed by atoms with E-state index in [0.717, 1.165) is 16.0 Å². The van der Waals surface area contributed by atoms with Gasteiger partial charge in [0.15, 0.2) is 0 Å². The summed E-state index contributed by atoms with van der Waals surface area (Å²) in [6.07, 6.45) is 1.81. The van der Waals surface area contributed by atoms with Crippen molar-refractivity contribution in [3.63, 3.8) is 0 Å². The molecule has 0 fully saturated rings. The Hall–Kier alpha value is -2.26. The largest absolute Gasteiger partial charge is 0.256 e. The van der Waals surface area contributed by atoms with Crippen LogP contribution in [-0.4, -0.2) is 9.97 Å². The fourth-order valence-corrected chi connectivity index (χ4v) is 2.83. The number of para-hydroxylation sites is 2. The standard InChI is InChI=1S/C9H7N.C8H7NS/c1-2-6-9-8(4-1)5-3-7-10-9;1-6-9-7-4-2-3-5-8(7)10-6/h1-7H;2-5H,1H3. The molecule has 0 saturated heterocycles. The van der Waals surface area contributed by atoms with Crippen LogP contribution in [0.5, 0.6) is 0 Å². The number of hydrogen-bond acceptors (Lipinski definition) is 3. The van der Waals surface area contributed by atoms with Crippen LogP contribution in [0.2, 0.25) is 0 Å². The molecule has 20 heavy (non-hydrogen) atoms. The van der Waals surface area contributed by atoms with Gasteiger partial charge in [-0.05, 0) is 31.2 Å². The molecule has 0 spiro atoms. The third-order valence-corrected chi connectivity index (χ3v) is 3.86. The van der Waals surface area contributed by atoms with E-state index in [-0.39, 0.29) is 0 Å². The van der Waals surface area contributed by atoms with E-state index in [9.17, 15) is 0 Å². The minimum absolute atomic E-state index is 1.06. The molecule has 2 aromatic carbocycles. The fourth-order valence-electron chi connectivity index (χ4n) is 2.00. The first-order chi connectivity index (χ1) is 9.83. The van der Waals surface area contributed by atoms with E-state index in [0.29, 0.717) is 0 Å². The Labute approximate surface area is 121 Å². The Morgan fingerprint density at radius 1 is 0.800 bits per heavy atom. The fraction of sp³-hybridized carbons (Fsp3) is 0.0588. The highest BCUT2D eigenvalue weighted by atomic mass is 32.1. The molecule has 4 aromatic rings. The summed E-state index contributed by atoms with van der Waals surface area (Å²) in [7, 11) is 0. The maximum absolute atomic E-state index is 4.33. The van der Waals surface area contributed by atoms with Gasteiger partial charge in [-0.3, -0.25) is 4.98 Å². The van der Waals surface area contributed by atoms with E-state index in [1.165, 1.54) is 10.1 Å². The molecule has 4 rings (SSSR count). The van der Waals surface area contributed by atoms with Crippen LogP contribution in [0.4, 0.5) is 0 Å². The minimum atomic E-state index is 1.06. The van der Waals surface area contributed by atoms with Crippen LogP contribution in [0, 0.1) is 6.92 Å². The topological polar surface area (TPSA) is 25.8 Å². The molecule has 0 unspecified atom stereocenters. The molecule has 3 heteroatoms. The molecule has 0 saturated carbocycles. The molecule has 0 bridgehead atoms. The summed E-state index contributed by atoms with van der Waals surface area (Å²) in [6, 6.07) is 20.3. The van der Waals surface area contributed by atoms with Gasteiger partial charge in [0.1, 0.15) is 0 Å². The predicted molar refractivity (Wildman–Crippen MR) is 86.1 cm³/mol. The Morgan fingerprint density at radius 3 is 2.30 bits per heavy atom. The van der Waals surface area contributed by atoms with Gasteiger partial charge in [0, 0.05) is 11.6 Å². The number of fused-ring (bicyclic) bond motifs is 2. The van der Waals surface area contributed by atoms with Gasteiger partial charge in [-0.1, -0.05) is 36.4 Å². The Kier molecular flexibility index (Phi) is 3.70. The first kappa shape index (κ1) is 12.8. The summed E-state index contributed by atoms with van der Waals surface area (Å²) in [5.74, 6) is 0. The van der Waals surface area contributed by atoms with Gasteiger partial charge in [0.25, 0.3) is 0 Å². The van der Waals surface area contributed by atoms with Crippen LogP contribution < -0.4 is 0 Å². The average molecular weight is 278 g/mol. The quantitative estimate of drug-likeness (QED) is 0.460. The monoisotopic (exact) mass is 278 g/mol. The lowest BCUT2D eigenvalue weighted by Gasteiger charge is -1.91. The number of thiazole rings is 1. The average Bonchev–Trinajstić information content (AvgIpc) is 2.88. The van der Waals surface area contributed by atoms with E-state index in [4.69, 9.17) is 0 Å². The second-order valence-corrected chi connectivity index (χ2v) is 5.63. The lowest BCUT2D eigenvalue weighted by molar-refractivity contribution is 1.35. The van der Waals surface area contributed by atoms with Crippen molar-refractivity contribution in [2.24, 2.45) is 0 Å². The van der Waals surface area contributed by atoms with E-state index in [1.807, 2.05) is 55.6 Å². The first-order valence-corrected chi connectivity index (χ1v) is 7.26.